The summed E-state index contributed by atoms with van der Waals surface area (Å²) in [5.74, 6) is 0. The summed E-state index contributed by atoms with van der Waals surface area (Å²) in [5.41, 5.74) is 6.36. The number of nitrogens with one attached hydrogen (secondary N) is 1. The van der Waals surface area contributed by atoms with Gasteiger partial charge >= 0.3 is 0 Å². The van der Waals surface area contributed by atoms with Gasteiger partial charge in [0.15, 0.2) is 0 Å². The topological polar surface area (TPSA) is 58.9 Å². The van der Waals surface area contributed by atoms with Crippen LogP contribution in [0.4, 0.5) is 0 Å². The van der Waals surface area contributed by atoms with Crippen LogP contribution in [0, 0.1) is 0 Å². The molecule has 0 bridgehead atoms. The molecule has 1 aromatic rings. The molecule has 1 aromatic heterocycles. The molecule has 3 N–H and O–H groups in total. The Morgan fingerprint density at radius 3 is 2.75 bits per heavy atom. The lowest BCUT2D eigenvalue weighted by atomic mass is 9.85. The van der Waals surface area contributed by atoms with Crippen LogP contribution >= 0.6 is 0 Å². The molecule has 0 saturated carbocycles. The van der Waals surface area contributed by atoms with Crippen molar-refractivity contribution in [3.8, 4) is 0 Å². The summed E-state index contributed by atoms with van der Waals surface area (Å²) in [4.78, 5) is 13.5. The minimum Gasteiger partial charge on any atom is -0.330 e. The van der Waals surface area contributed by atoms with Gasteiger partial charge in [-0.3, -0.25) is 4.79 Å². The van der Waals surface area contributed by atoms with Gasteiger partial charge in [-0.05, 0) is 11.6 Å². The maximum Gasteiger partial charge on any atom is 0.248 e. The van der Waals surface area contributed by atoms with E-state index in [-0.39, 0.29) is 11.0 Å². The summed E-state index contributed by atoms with van der Waals surface area (Å²) in [7, 11) is 0. The minimum absolute atomic E-state index is 0.0750. The number of aromatic amines is 1. The summed E-state index contributed by atoms with van der Waals surface area (Å²) in [5, 5.41) is 0. The van der Waals surface area contributed by atoms with Crippen molar-refractivity contribution in [3.05, 3.63) is 34.2 Å². The van der Waals surface area contributed by atoms with E-state index >= 15 is 0 Å². The van der Waals surface area contributed by atoms with Gasteiger partial charge in [0.2, 0.25) is 5.56 Å². The Morgan fingerprint density at radius 2 is 2.25 bits per heavy atom. The molecule has 0 atom stereocenters. The number of hydrogen-bond acceptors (Lipinski definition) is 2. The summed E-state index contributed by atoms with van der Waals surface area (Å²) in [6.45, 7) is 4.57. The number of rotatable bonds is 2. The van der Waals surface area contributed by atoms with Crippen LogP contribution in [0.2, 0.25) is 0 Å². The van der Waals surface area contributed by atoms with Crippen LogP contribution < -0.4 is 11.3 Å². The monoisotopic (exact) mass is 166 g/mol. The van der Waals surface area contributed by atoms with Gasteiger partial charge in [-0.2, -0.15) is 0 Å². The van der Waals surface area contributed by atoms with Crippen LogP contribution in [-0.2, 0) is 5.41 Å². The maximum atomic E-state index is 11.0. The standard InChI is InChI=1S/C9H14N2O/c1-9(2,6-10)7-3-4-11-8(12)5-7/h3-5H,6,10H2,1-2H3,(H,11,12). The van der Waals surface area contributed by atoms with Crippen molar-refractivity contribution < 1.29 is 0 Å². The third-order valence-corrected chi connectivity index (χ3v) is 2.07. The first-order valence-corrected chi connectivity index (χ1v) is 3.95. The first-order valence-electron chi connectivity index (χ1n) is 3.95. The van der Waals surface area contributed by atoms with Crippen LogP contribution in [0.5, 0.6) is 0 Å². The number of nitrogens with two attached hydrogens (primary N) is 1. The van der Waals surface area contributed by atoms with Gasteiger partial charge in [0.05, 0.1) is 0 Å². The van der Waals surface area contributed by atoms with Gasteiger partial charge in [-0.1, -0.05) is 13.8 Å². The molecule has 0 aliphatic carbocycles. The number of aromatic nitrogens is 1. The van der Waals surface area contributed by atoms with Crippen molar-refractivity contribution in [2.75, 3.05) is 6.54 Å². The zero-order valence-electron chi connectivity index (χ0n) is 7.42. The fourth-order valence-electron chi connectivity index (χ4n) is 0.983. The first kappa shape index (κ1) is 9.00. The molecule has 0 fully saturated rings. The summed E-state index contributed by atoms with van der Waals surface area (Å²) in [6, 6.07) is 3.47. The molecular formula is C9H14N2O. The predicted octanol–water partition coefficient (Wildman–Crippen LogP) is 0.611. The molecule has 0 spiro atoms. The van der Waals surface area contributed by atoms with E-state index in [1.807, 2.05) is 19.9 Å². The average Bonchev–Trinajstić information content (AvgIpc) is 2.05. The molecule has 3 heteroatoms. The van der Waals surface area contributed by atoms with Crippen molar-refractivity contribution in [2.24, 2.45) is 5.73 Å². The molecular weight excluding hydrogens is 152 g/mol. The average molecular weight is 166 g/mol. The number of hydrogen-bond donors (Lipinski definition) is 2. The second-order valence-electron chi connectivity index (χ2n) is 3.53. The Morgan fingerprint density at radius 1 is 1.58 bits per heavy atom. The molecule has 1 heterocycles. The highest BCUT2D eigenvalue weighted by molar-refractivity contribution is 5.20. The Bertz CT molecular complexity index is 314. The Labute approximate surface area is 71.6 Å². The van der Waals surface area contributed by atoms with Crippen LogP contribution in [-0.4, -0.2) is 11.5 Å². The third-order valence-electron chi connectivity index (χ3n) is 2.07. The van der Waals surface area contributed by atoms with E-state index in [0.29, 0.717) is 6.54 Å². The number of H-pyrrole nitrogens is 1. The van der Waals surface area contributed by atoms with Gasteiger partial charge in [0.25, 0.3) is 0 Å². The first-order chi connectivity index (χ1) is 5.56. The van der Waals surface area contributed by atoms with Gasteiger partial charge in [-0.25, -0.2) is 0 Å². The highest BCUT2D eigenvalue weighted by atomic mass is 16.1. The summed E-state index contributed by atoms with van der Waals surface area (Å²) >= 11 is 0. The molecule has 0 aliphatic rings. The molecule has 66 valence electrons. The van der Waals surface area contributed by atoms with Crippen molar-refractivity contribution in [1.82, 2.24) is 4.98 Å². The smallest absolute Gasteiger partial charge is 0.248 e. The summed E-state index contributed by atoms with van der Waals surface area (Å²) < 4.78 is 0. The van der Waals surface area contributed by atoms with E-state index in [9.17, 15) is 4.79 Å². The van der Waals surface area contributed by atoms with Crippen molar-refractivity contribution in [1.29, 1.82) is 0 Å². The van der Waals surface area contributed by atoms with Crippen LogP contribution in [0.3, 0.4) is 0 Å². The fraction of sp³-hybridized carbons (Fsp3) is 0.444. The second-order valence-corrected chi connectivity index (χ2v) is 3.53. The molecule has 12 heavy (non-hydrogen) atoms. The van der Waals surface area contributed by atoms with Crippen LogP contribution in [0.15, 0.2) is 23.1 Å². The Balaban J connectivity index is 3.11. The molecule has 1 rings (SSSR count). The zero-order chi connectivity index (χ0) is 9.19. The predicted molar refractivity (Wildman–Crippen MR) is 49.1 cm³/mol. The quantitative estimate of drug-likeness (QED) is 0.676. The maximum absolute atomic E-state index is 11.0. The Hall–Kier alpha value is -1.09. The molecule has 3 nitrogen and oxygen atoms in total. The van der Waals surface area contributed by atoms with Gasteiger partial charge in [-0.15, -0.1) is 0 Å². The van der Waals surface area contributed by atoms with Gasteiger partial charge < -0.3 is 10.7 Å². The lowest BCUT2D eigenvalue weighted by Gasteiger charge is -2.22. The molecule has 0 amide bonds. The van der Waals surface area contributed by atoms with E-state index in [2.05, 4.69) is 4.98 Å². The molecule has 0 radical (unpaired) electrons. The second kappa shape index (κ2) is 3.11. The SMILES string of the molecule is CC(C)(CN)c1cc[nH]c(=O)c1. The van der Waals surface area contributed by atoms with Gasteiger partial charge in [0.1, 0.15) is 0 Å². The van der Waals surface area contributed by atoms with Gasteiger partial charge in [0, 0.05) is 24.2 Å². The lowest BCUT2D eigenvalue weighted by Crippen LogP contribution is -2.29. The van der Waals surface area contributed by atoms with E-state index in [0.717, 1.165) is 5.56 Å². The Kier molecular flexibility index (Phi) is 2.33. The fourth-order valence-corrected chi connectivity index (χ4v) is 0.983. The molecule has 0 unspecified atom stereocenters. The van der Waals surface area contributed by atoms with E-state index < -0.39 is 0 Å². The van der Waals surface area contributed by atoms with E-state index in [1.54, 1.807) is 12.3 Å². The number of pyridine rings is 1. The molecule has 0 aromatic carbocycles. The highest BCUT2D eigenvalue weighted by Gasteiger charge is 2.18. The molecule has 0 saturated heterocycles. The summed E-state index contributed by atoms with van der Waals surface area (Å²) in [6.07, 6.45) is 1.65. The van der Waals surface area contributed by atoms with E-state index in [1.165, 1.54) is 0 Å². The normalized spacial score (nSPS) is 11.6. The highest BCUT2D eigenvalue weighted by Crippen LogP contribution is 2.18. The van der Waals surface area contributed by atoms with Crippen molar-refractivity contribution in [3.63, 3.8) is 0 Å². The van der Waals surface area contributed by atoms with Crippen LogP contribution in [0.25, 0.3) is 0 Å². The zero-order valence-corrected chi connectivity index (χ0v) is 7.42. The molecule has 0 aliphatic heterocycles. The largest absolute Gasteiger partial charge is 0.330 e. The lowest BCUT2D eigenvalue weighted by molar-refractivity contribution is 0.537. The van der Waals surface area contributed by atoms with Crippen LogP contribution in [0.1, 0.15) is 19.4 Å². The van der Waals surface area contributed by atoms with Crippen molar-refractivity contribution >= 4 is 0 Å². The minimum atomic E-state index is -0.117. The van der Waals surface area contributed by atoms with Crippen molar-refractivity contribution in [2.45, 2.75) is 19.3 Å². The van der Waals surface area contributed by atoms with E-state index in [4.69, 9.17) is 5.73 Å². The third kappa shape index (κ3) is 1.74.